The molecule has 9 heteroatoms. The molecular weight excluding hydrogens is 290 g/mol. The quantitative estimate of drug-likeness (QED) is 0.395. The largest absolute Gasteiger partial charge is 0.404 e. The number of anilines is 1. The Bertz CT molecular complexity index is 816. The van der Waals surface area contributed by atoms with Gasteiger partial charge in [0, 0.05) is 11.9 Å². The van der Waals surface area contributed by atoms with E-state index in [2.05, 4.69) is 25.7 Å². The first-order chi connectivity index (χ1) is 10.2. The zero-order chi connectivity index (χ0) is 14.8. The van der Waals surface area contributed by atoms with Gasteiger partial charge in [0.05, 0.1) is 15.8 Å². The number of hydrogen-bond donors (Lipinski definition) is 5. The molecule has 0 saturated heterocycles. The molecule has 0 spiro atoms. The topological polar surface area (TPSA) is 134 Å². The predicted octanol–water partition coefficient (Wildman–Crippen LogP) is 0.0739. The average molecular weight is 303 g/mol. The summed E-state index contributed by atoms with van der Waals surface area (Å²) < 4.78 is 0.863. The van der Waals surface area contributed by atoms with Crippen molar-refractivity contribution in [1.82, 2.24) is 10.4 Å². The first-order valence-corrected chi connectivity index (χ1v) is 6.90. The molecule has 21 heavy (non-hydrogen) atoms. The molecule has 1 aliphatic heterocycles. The lowest BCUT2D eigenvalue weighted by Gasteiger charge is -2.20. The summed E-state index contributed by atoms with van der Waals surface area (Å²) in [6.45, 7) is 0. The number of aromatic amines is 1. The Hall–Kier alpha value is -2.49. The summed E-state index contributed by atoms with van der Waals surface area (Å²) in [5.74, 6) is 5.98. The molecule has 1 aromatic heterocycles. The Morgan fingerprint density at radius 2 is 2.29 bits per heavy atom. The van der Waals surface area contributed by atoms with E-state index < -0.39 is 6.17 Å². The minimum atomic E-state index is -0.443. The average Bonchev–Trinajstić information content (AvgIpc) is 2.86. The van der Waals surface area contributed by atoms with Crippen molar-refractivity contribution >= 4 is 39.4 Å². The first-order valence-electron chi connectivity index (χ1n) is 6.09. The van der Waals surface area contributed by atoms with Gasteiger partial charge in [-0.15, -0.1) is 0 Å². The van der Waals surface area contributed by atoms with Crippen LogP contribution in [-0.2, 0) is 0 Å². The maximum atomic E-state index is 11.3. The third-order valence-electron chi connectivity index (χ3n) is 2.99. The summed E-state index contributed by atoms with van der Waals surface area (Å²) in [5, 5.41) is 3.15. The first kappa shape index (κ1) is 13.5. The van der Waals surface area contributed by atoms with Gasteiger partial charge in [-0.2, -0.15) is 0 Å². The van der Waals surface area contributed by atoms with Gasteiger partial charge in [0.1, 0.15) is 18.3 Å². The van der Waals surface area contributed by atoms with Crippen molar-refractivity contribution in [2.24, 2.45) is 21.6 Å². The summed E-state index contributed by atoms with van der Waals surface area (Å²) in [5.41, 5.74) is 10.4. The molecule has 1 unspecified atom stereocenters. The van der Waals surface area contributed by atoms with Crippen LogP contribution in [0, 0.1) is 0 Å². The number of aliphatic imine (C=N–C) groups is 2. The van der Waals surface area contributed by atoms with Crippen molar-refractivity contribution in [3.8, 4) is 0 Å². The molecular formula is C12H13N7OS. The van der Waals surface area contributed by atoms with Crippen molar-refractivity contribution in [2.45, 2.75) is 6.17 Å². The smallest absolute Gasteiger partial charge is 0.305 e. The van der Waals surface area contributed by atoms with Crippen molar-refractivity contribution in [3.05, 3.63) is 39.6 Å². The Kier molecular flexibility index (Phi) is 3.52. The van der Waals surface area contributed by atoms with Crippen LogP contribution >= 0.6 is 11.3 Å². The van der Waals surface area contributed by atoms with Crippen LogP contribution < -0.4 is 27.2 Å². The molecule has 0 saturated carbocycles. The molecule has 7 N–H and O–H groups in total. The fourth-order valence-electron chi connectivity index (χ4n) is 2.01. The lowest BCUT2D eigenvalue weighted by molar-refractivity contribution is 0.630. The second-order valence-corrected chi connectivity index (χ2v) is 5.30. The van der Waals surface area contributed by atoms with Crippen LogP contribution in [0.5, 0.6) is 0 Å². The summed E-state index contributed by atoms with van der Waals surface area (Å²) >= 11 is 1.15. The third-order valence-corrected chi connectivity index (χ3v) is 3.84. The highest BCUT2D eigenvalue weighted by Crippen LogP contribution is 2.21. The van der Waals surface area contributed by atoms with Crippen LogP contribution in [0.25, 0.3) is 10.2 Å². The van der Waals surface area contributed by atoms with Crippen molar-refractivity contribution in [3.63, 3.8) is 0 Å². The monoisotopic (exact) mass is 303 g/mol. The van der Waals surface area contributed by atoms with E-state index >= 15 is 0 Å². The summed E-state index contributed by atoms with van der Waals surface area (Å²) in [6, 6.07) is 5.54. The van der Waals surface area contributed by atoms with E-state index in [4.69, 9.17) is 11.6 Å². The lowest BCUT2D eigenvalue weighted by Crippen LogP contribution is -2.41. The molecule has 3 rings (SSSR count). The summed E-state index contributed by atoms with van der Waals surface area (Å²) in [4.78, 5) is 22.2. The minimum Gasteiger partial charge on any atom is -0.404 e. The number of thiazole rings is 1. The number of nitrogens with one attached hydrogen (secondary N) is 3. The zero-order valence-electron chi connectivity index (χ0n) is 10.8. The molecule has 1 atom stereocenters. The number of nitrogens with zero attached hydrogens (tertiary/aromatic N) is 2. The van der Waals surface area contributed by atoms with E-state index in [1.165, 1.54) is 12.5 Å². The Morgan fingerprint density at radius 3 is 3.05 bits per heavy atom. The fourth-order valence-corrected chi connectivity index (χ4v) is 2.78. The van der Waals surface area contributed by atoms with Crippen LogP contribution in [-0.4, -0.2) is 23.3 Å². The van der Waals surface area contributed by atoms with E-state index in [9.17, 15) is 4.79 Å². The highest BCUT2D eigenvalue weighted by atomic mass is 32.1. The number of amidine groups is 1. The van der Waals surface area contributed by atoms with Gasteiger partial charge in [0.15, 0.2) is 0 Å². The molecule has 0 fully saturated rings. The summed E-state index contributed by atoms with van der Waals surface area (Å²) in [6.07, 6.45) is 2.37. The Labute approximate surface area is 123 Å². The van der Waals surface area contributed by atoms with Gasteiger partial charge in [0.2, 0.25) is 0 Å². The lowest BCUT2D eigenvalue weighted by atomic mass is 10.1. The maximum absolute atomic E-state index is 11.3. The number of nitrogens with two attached hydrogens (primary N) is 2. The predicted molar refractivity (Wildman–Crippen MR) is 85.4 cm³/mol. The number of fused-ring (bicyclic) bond motifs is 1. The van der Waals surface area contributed by atoms with Crippen LogP contribution in [0.1, 0.15) is 0 Å². The minimum absolute atomic E-state index is 0.0840. The van der Waals surface area contributed by atoms with E-state index in [1.54, 1.807) is 0 Å². The van der Waals surface area contributed by atoms with Crippen LogP contribution in [0.4, 0.5) is 5.69 Å². The summed E-state index contributed by atoms with van der Waals surface area (Å²) in [7, 11) is 0. The van der Waals surface area contributed by atoms with E-state index in [0.717, 1.165) is 27.2 Å². The SMILES string of the molecule is NC=C1C(Nc2ccc3[nH]c(=O)sc3c2)=NC=NC1NN. The van der Waals surface area contributed by atoms with Gasteiger partial charge in [-0.1, -0.05) is 11.3 Å². The maximum Gasteiger partial charge on any atom is 0.305 e. The van der Waals surface area contributed by atoms with Crippen LogP contribution in [0.15, 0.2) is 44.8 Å². The Balaban J connectivity index is 1.92. The van der Waals surface area contributed by atoms with Gasteiger partial charge in [-0.25, -0.2) is 15.4 Å². The van der Waals surface area contributed by atoms with E-state index in [-0.39, 0.29) is 4.87 Å². The zero-order valence-corrected chi connectivity index (χ0v) is 11.6. The number of benzene rings is 1. The highest BCUT2D eigenvalue weighted by molar-refractivity contribution is 7.16. The van der Waals surface area contributed by atoms with Crippen LogP contribution in [0.3, 0.4) is 0 Å². The second-order valence-electron chi connectivity index (χ2n) is 4.28. The normalized spacial score (nSPS) is 20.0. The molecule has 2 aromatic rings. The number of aromatic nitrogens is 1. The number of hydrazine groups is 1. The number of hydrogen-bond acceptors (Lipinski definition) is 8. The molecule has 0 radical (unpaired) electrons. The second kappa shape index (κ2) is 5.48. The van der Waals surface area contributed by atoms with Crippen molar-refractivity contribution < 1.29 is 0 Å². The Morgan fingerprint density at radius 1 is 1.43 bits per heavy atom. The molecule has 0 aliphatic carbocycles. The van der Waals surface area contributed by atoms with Gasteiger partial charge in [0.25, 0.3) is 0 Å². The standard InChI is InChI=1S/C12H13N7OS/c13-4-7-10(15-5-16-11(7)19-14)17-6-1-2-8-9(3-6)21-12(20)18-8/h1-5,11,19H,13-14H2,(H,18,20)(H,15,16,17). The molecule has 8 nitrogen and oxygen atoms in total. The third kappa shape index (κ3) is 2.57. The molecule has 1 aliphatic rings. The van der Waals surface area contributed by atoms with Crippen molar-refractivity contribution in [1.29, 1.82) is 0 Å². The highest BCUT2D eigenvalue weighted by Gasteiger charge is 2.19. The molecule has 0 bridgehead atoms. The van der Waals surface area contributed by atoms with Crippen LogP contribution in [0.2, 0.25) is 0 Å². The number of H-pyrrole nitrogens is 1. The number of rotatable bonds is 2. The van der Waals surface area contributed by atoms with Gasteiger partial charge >= 0.3 is 4.87 Å². The fraction of sp³-hybridized carbons (Fsp3) is 0.0833. The molecule has 1 aromatic carbocycles. The van der Waals surface area contributed by atoms with E-state index in [0.29, 0.717) is 11.4 Å². The van der Waals surface area contributed by atoms with E-state index in [1.807, 2.05) is 18.2 Å². The van der Waals surface area contributed by atoms with Gasteiger partial charge in [-0.3, -0.25) is 10.6 Å². The molecule has 108 valence electrons. The van der Waals surface area contributed by atoms with Crippen molar-refractivity contribution in [2.75, 3.05) is 5.32 Å². The van der Waals surface area contributed by atoms with Gasteiger partial charge < -0.3 is 16.0 Å². The molecule has 2 heterocycles. The molecule has 0 amide bonds. The van der Waals surface area contributed by atoms with Gasteiger partial charge in [-0.05, 0) is 18.2 Å².